The van der Waals surface area contributed by atoms with Crippen LogP contribution in [-0.2, 0) is 43.9 Å². The van der Waals surface area contributed by atoms with E-state index >= 15 is 0 Å². The zero-order chi connectivity index (χ0) is 32.9. The van der Waals surface area contributed by atoms with Gasteiger partial charge in [-0.05, 0) is 48.0 Å². The Morgan fingerprint density at radius 1 is 0.841 bits per heavy atom. The number of alkyl halides is 3. The third-order valence-electron chi connectivity index (χ3n) is 6.29. The van der Waals surface area contributed by atoms with Crippen LogP contribution in [0.25, 0.3) is 10.4 Å². The average molecular weight is 671 g/mol. The Morgan fingerprint density at radius 2 is 1.45 bits per heavy atom. The molecule has 0 fully saturated rings. The Bertz CT molecular complexity index is 1840. The molecule has 0 unspecified atom stereocenters. The van der Waals surface area contributed by atoms with Crippen molar-refractivity contribution in [1.29, 1.82) is 0 Å². The van der Waals surface area contributed by atoms with E-state index in [1.165, 1.54) is 48.2 Å². The Balaban J connectivity index is 0.000000801. The number of carbonyl (C=O) groups excluding carboxylic acids is 1. The number of benzene rings is 3. The van der Waals surface area contributed by atoms with Crippen molar-refractivity contribution in [3.8, 4) is 10.4 Å². The highest BCUT2D eigenvalue weighted by Crippen LogP contribution is 2.37. The van der Waals surface area contributed by atoms with Gasteiger partial charge in [0.05, 0.1) is 15.4 Å². The van der Waals surface area contributed by atoms with Gasteiger partial charge in [0.25, 0.3) is 0 Å². The molecule has 0 aliphatic heterocycles. The molecule has 1 aromatic heterocycles. The molecule has 0 N–H and O–H groups in total. The molecule has 0 radical (unpaired) electrons. The zero-order valence-corrected chi connectivity index (χ0v) is 26.6. The highest BCUT2D eigenvalue weighted by molar-refractivity contribution is 7.90. The van der Waals surface area contributed by atoms with Gasteiger partial charge in [-0.25, -0.2) is 21.2 Å². The number of amides is 1. The molecule has 1 amide bonds. The number of hydrogen-bond donors (Lipinski definition) is 0. The minimum Gasteiger partial charge on any atom is -0.349 e. The van der Waals surface area contributed by atoms with Crippen LogP contribution >= 0.6 is 11.3 Å². The van der Waals surface area contributed by atoms with Crippen LogP contribution in [0.15, 0.2) is 94.7 Å². The quantitative estimate of drug-likeness (QED) is 0.201. The summed E-state index contributed by atoms with van der Waals surface area (Å²) in [6, 6.07) is 18.8. The molecule has 7 nitrogen and oxygen atoms in total. The van der Waals surface area contributed by atoms with Crippen molar-refractivity contribution in [2.24, 2.45) is 0 Å². The predicted molar refractivity (Wildman–Crippen MR) is 162 cm³/mol. The van der Waals surface area contributed by atoms with Gasteiger partial charge in [-0.3, -0.25) is 4.79 Å². The molecule has 236 valence electrons. The van der Waals surface area contributed by atoms with Crippen LogP contribution in [0.4, 0.5) is 17.6 Å². The number of sulfonamides is 1. The minimum atomic E-state index is -4.92. The molecule has 1 heterocycles. The molecule has 0 saturated carbocycles. The van der Waals surface area contributed by atoms with Crippen molar-refractivity contribution >= 4 is 37.1 Å². The Labute approximate surface area is 258 Å². The first kappa shape index (κ1) is 34.9. The van der Waals surface area contributed by atoms with E-state index < -0.39 is 48.9 Å². The van der Waals surface area contributed by atoms with Crippen LogP contribution in [0.3, 0.4) is 0 Å². The molecule has 4 aromatic rings. The second-order valence-electron chi connectivity index (χ2n) is 9.84. The first-order valence-electron chi connectivity index (χ1n) is 12.9. The maximum atomic E-state index is 14.5. The molecule has 4 rings (SSSR count). The van der Waals surface area contributed by atoms with Crippen LogP contribution < -0.4 is 0 Å². The first-order chi connectivity index (χ1) is 20.4. The van der Waals surface area contributed by atoms with E-state index in [0.29, 0.717) is 21.4 Å². The van der Waals surface area contributed by atoms with Gasteiger partial charge >= 0.3 is 6.18 Å². The number of sulfone groups is 1. The van der Waals surface area contributed by atoms with Gasteiger partial charge in [0.2, 0.25) is 15.9 Å². The van der Waals surface area contributed by atoms with E-state index in [1.54, 1.807) is 38.4 Å². The molecule has 3 aromatic carbocycles. The summed E-state index contributed by atoms with van der Waals surface area (Å²) >= 11 is 1.15. The van der Waals surface area contributed by atoms with E-state index in [-0.39, 0.29) is 22.9 Å². The van der Waals surface area contributed by atoms with Crippen molar-refractivity contribution in [3.63, 3.8) is 0 Å². The molecule has 0 aliphatic carbocycles. The molecule has 0 spiro atoms. The maximum absolute atomic E-state index is 14.5. The normalized spacial score (nSPS) is 12.0. The second kappa shape index (κ2) is 14.0. The summed E-state index contributed by atoms with van der Waals surface area (Å²) in [4.78, 5) is 11.9. The van der Waals surface area contributed by atoms with Crippen LogP contribution in [0.5, 0.6) is 0 Å². The molecular formula is C30H30F4N2O5S3. The number of thiophene rings is 1. The summed E-state index contributed by atoms with van der Waals surface area (Å²) in [5.41, 5.74) is -0.740. The Hall–Kier alpha value is -3.59. The number of nitrogens with zero attached hydrogens (tertiary/aromatic N) is 2. The van der Waals surface area contributed by atoms with Crippen LogP contribution in [-0.4, -0.2) is 52.3 Å². The minimum absolute atomic E-state index is 0.00167. The van der Waals surface area contributed by atoms with Gasteiger partial charge in [0.15, 0.2) is 9.84 Å². The van der Waals surface area contributed by atoms with Gasteiger partial charge in [0, 0.05) is 55.7 Å². The molecule has 0 aliphatic rings. The number of carbonyl (C=O) groups is 1. The fraction of sp³-hybridized carbons (Fsp3) is 0.233. The average Bonchev–Trinajstić information content (AvgIpc) is 3.42. The number of rotatable bonds is 8. The number of halogens is 4. The van der Waals surface area contributed by atoms with Crippen LogP contribution in [0, 0.1) is 5.82 Å². The molecule has 44 heavy (non-hydrogen) atoms. The SMILES string of the molecule is CC(=O)N(C)C.CS(=O)(=O)c1cccc(-c2ccc(CN(Cc3ccccc3F)S(=O)(=O)c3ccccc3C(F)(F)F)s2)c1. The standard InChI is InChI=1S/C26H21F4NO4S3.C4H9NO/c1-37(32,33)21-9-6-8-18(15-21)24-14-13-20(36-24)17-31(16-19-7-2-4-11-23(19)27)38(34,35)25-12-5-3-10-22(25)26(28,29)30;1-4(6)5(2)3/h2-15H,16-17H2,1H3;1-3H3. The lowest BCUT2D eigenvalue weighted by Crippen LogP contribution is -2.32. The maximum Gasteiger partial charge on any atom is 0.417 e. The second-order valence-corrected chi connectivity index (χ2v) is 14.9. The molecule has 0 atom stereocenters. The van der Waals surface area contributed by atoms with Crippen LogP contribution in [0.1, 0.15) is 22.9 Å². The Kier molecular flexibility index (Phi) is 11.1. The summed E-state index contributed by atoms with van der Waals surface area (Å²) in [5, 5.41) is 0. The molecule has 0 bridgehead atoms. The highest BCUT2D eigenvalue weighted by atomic mass is 32.2. The van der Waals surface area contributed by atoms with Crippen LogP contribution in [0.2, 0.25) is 0 Å². The lowest BCUT2D eigenvalue weighted by molar-refractivity contribution is -0.140. The lowest BCUT2D eigenvalue weighted by atomic mass is 10.2. The van der Waals surface area contributed by atoms with E-state index in [2.05, 4.69) is 0 Å². The fourth-order valence-electron chi connectivity index (χ4n) is 3.78. The summed E-state index contributed by atoms with van der Waals surface area (Å²) in [6.45, 7) is 0.692. The lowest BCUT2D eigenvalue weighted by Gasteiger charge is -2.24. The molecule has 14 heteroatoms. The predicted octanol–water partition coefficient (Wildman–Crippen LogP) is 6.46. The van der Waals surface area contributed by atoms with E-state index in [0.717, 1.165) is 40.1 Å². The topological polar surface area (TPSA) is 91.8 Å². The summed E-state index contributed by atoms with van der Waals surface area (Å²) in [6.07, 6.45) is -3.84. The van der Waals surface area contributed by atoms with Gasteiger partial charge in [-0.15, -0.1) is 11.3 Å². The summed E-state index contributed by atoms with van der Waals surface area (Å²) in [7, 11) is -4.75. The van der Waals surface area contributed by atoms with Crippen molar-refractivity contribution in [2.75, 3.05) is 20.4 Å². The fourth-order valence-corrected chi connectivity index (χ4v) is 7.16. The van der Waals surface area contributed by atoms with E-state index in [9.17, 15) is 39.2 Å². The van der Waals surface area contributed by atoms with Gasteiger partial charge in [0.1, 0.15) is 5.82 Å². The largest absolute Gasteiger partial charge is 0.417 e. The van der Waals surface area contributed by atoms with E-state index in [4.69, 9.17) is 0 Å². The third kappa shape index (κ3) is 8.97. The van der Waals surface area contributed by atoms with Gasteiger partial charge in [-0.1, -0.05) is 42.5 Å². The first-order valence-corrected chi connectivity index (χ1v) is 17.0. The third-order valence-corrected chi connectivity index (χ3v) is 10.4. The summed E-state index contributed by atoms with van der Waals surface area (Å²) in [5.74, 6) is -0.601. The van der Waals surface area contributed by atoms with Crippen molar-refractivity contribution in [1.82, 2.24) is 9.21 Å². The highest BCUT2D eigenvalue weighted by Gasteiger charge is 2.39. The molecular weight excluding hydrogens is 641 g/mol. The zero-order valence-electron chi connectivity index (χ0n) is 24.2. The van der Waals surface area contributed by atoms with Gasteiger partial charge < -0.3 is 4.90 Å². The molecule has 0 saturated heterocycles. The monoisotopic (exact) mass is 670 g/mol. The Morgan fingerprint density at radius 3 is 2.05 bits per heavy atom. The van der Waals surface area contributed by atoms with Crippen molar-refractivity contribution in [2.45, 2.75) is 36.0 Å². The van der Waals surface area contributed by atoms with Gasteiger partial charge in [-0.2, -0.15) is 17.5 Å². The smallest absolute Gasteiger partial charge is 0.349 e. The van der Waals surface area contributed by atoms with E-state index in [1.807, 2.05) is 0 Å². The summed E-state index contributed by atoms with van der Waals surface area (Å²) < 4.78 is 107. The number of hydrogen-bond acceptors (Lipinski definition) is 6. The van der Waals surface area contributed by atoms with Crippen molar-refractivity contribution < 1.29 is 39.2 Å². The van der Waals surface area contributed by atoms with Crippen molar-refractivity contribution in [3.05, 3.63) is 107 Å².